The highest BCUT2D eigenvalue weighted by Crippen LogP contribution is 2.52. The summed E-state index contributed by atoms with van der Waals surface area (Å²) < 4.78 is 79.4. The maximum absolute atomic E-state index is 16.5. The number of aliphatic hydroxyl groups is 5. The number of alkyl carbamates (subject to hydrolysis) is 1. The third-order valence-corrected chi connectivity index (χ3v) is 25.3. The predicted molar refractivity (Wildman–Crippen MR) is 448 cm³/mol. The third-order valence-electron chi connectivity index (χ3n) is 23.2. The van der Waals surface area contributed by atoms with Crippen LogP contribution in [0.4, 0.5) is 4.79 Å². The highest BCUT2D eigenvalue weighted by molar-refractivity contribution is 7.89. The van der Waals surface area contributed by atoms with Gasteiger partial charge in [-0.15, -0.1) is 0 Å². The van der Waals surface area contributed by atoms with E-state index in [2.05, 4.69) is 43.5 Å². The molecule has 0 unspecified atom stereocenters. The number of nitrogens with two attached hydrogens (primary N) is 1. The number of ketones is 2. The van der Waals surface area contributed by atoms with Crippen molar-refractivity contribution >= 4 is 86.4 Å². The highest BCUT2D eigenvalue weighted by atomic mass is 35.5. The number of carboxylic acid groups (broad SMARTS) is 1. The molecule has 3 fully saturated rings. The lowest BCUT2D eigenvalue weighted by Crippen LogP contribution is -2.63. The maximum Gasteiger partial charge on any atom is 0.408 e. The standard InChI is InChI=1S/C87H104Cl2N8O28S/c1-7-9-13-26-118-48-17-19-49(20-18-48)126(116,117)92-25-12-10-11-24-91-38-53-57(100)36-52-67(74(53)106)51-28-43(14-21-56(51)99)50-35-59(102)68-46-32-62(120-60-22-15-44(29-54(60)88)72(104)70(95-80(109)42(8-2)27-40(3)4)58(101)31-47(34-65(90)103)81(110)93-68)77(63(33-46)121-61-23-16-45(30-55(61)89)73(105)71(96-82(50)111)83(112)94-69(52)84(113)114)124-85-78(76(108)75(107)64(39-98)122-85)123-66-37-87(6)79(41(5)119-66)125-86(115)97-87/h14-23,28-30,32-33,36,40-42,47,50,64,66,68-73,75-76,78-79,85,91-92,98-100,104-108H,7-13,24-27,31,34-35,37-39H2,1-6H3,(H2,90,103)(H,93,110)(H,94,112)(H,95,109)(H,96,111)(H,97,115)(H,113,114)/t41-,42+,47-,50+,64+,66-,68+,69-,70-,71-,72+,73+,75+,76-,78+,79+,85-,87-/m0/s1. The number of sulfonamides is 1. The summed E-state index contributed by atoms with van der Waals surface area (Å²) in [5.74, 6) is -19.0. The number of primary amides is 1. The summed E-state index contributed by atoms with van der Waals surface area (Å²) in [6.45, 7) is 10.2. The second kappa shape index (κ2) is 40.6. The number of rotatable bonds is 28. The number of aliphatic carboxylic acids is 1. The lowest BCUT2D eigenvalue weighted by atomic mass is 9.84. The van der Waals surface area contributed by atoms with Gasteiger partial charge < -0.3 is 121 Å². The summed E-state index contributed by atoms with van der Waals surface area (Å²) >= 11 is 14.4. The molecule has 3 saturated heterocycles. The van der Waals surface area contributed by atoms with E-state index in [1.807, 2.05) is 13.8 Å². The van der Waals surface area contributed by atoms with Crippen LogP contribution in [0.2, 0.25) is 10.0 Å². The Bertz CT molecular complexity index is 5200. The van der Waals surface area contributed by atoms with Gasteiger partial charge in [-0.1, -0.05) is 88.4 Å². The molecule has 0 spiro atoms. The van der Waals surface area contributed by atoms with Crippen molar-refractivity contribution in [3.05, 3.63) is 140 Å². The monoisotopic (exact) mass is 1810 g/mol. The van der Waals surface area contributed by atoms with Gasteiger partial charge in [0.1, 0.15) is 83.1 Å². The molecule has 0 aromatic heterocycles. The zero-order valence-electron chi connectivity index (χ0n) is 69.7. The summed E-state index contributed by atoms with van der Waals surface area (Å²) in [5, 5.41) is 123. The number of Topliss-reactive ketones (excluding diaryl/α,β-unsaturated/α-hetero) is 2. The van der Waals surface area contributed by atoms with E-state index in [1.165, 1.54) is 30.3 Å². The number of carboxylic acids is 1. The molecular weight excluding hydrogens is 1710 g/mol. The van der Waals surface area contributed by atoms with E-state index in [1.54, 1.807) is 32.9 Å². The summed E-state index contributed by atoms with van der Waals surface area (Å²) in [6.07, 6.45) is -16.3. The van der Waals surface area contributed by atoms with Crippen molar-refractivity contribution in [2.45, 2.75) is 227 Å². The Morgan fingerprint density at radius 2 is 1.39 bits per heavy atom. The number of phenolic OH excluding ortho intramolecular Hbond substituents is 3. The molecule has 0 aliphatic carbocycles. The van der Waals surface area contributed by atoms with E-state index in [9.17, 15) is 73.6 Å². The molecule has 6 amide bonds. The first-order valence-corrected chi connectivity index (χ1v) is 43.8. The van der Waals surface area contributed by atoms with Crippen molar-refractivity contribution in [3.8, 4) is 62.9 Å². The molecule has 126 heavy (non-hydrogen) atoms. The number of fused-ring (bicyclic) bond motifs is 16. The minimum atomic E-state index is -3.90. The molecule has 680 valence electrons. The van der Waals surface area contributed by atoms with Crippen LogP contribution in [0, 0.1) is 17.8 Å². The van der Waals surface area contributed by atoms with Crippen LogP contribution < -0.4 is 61.3 Å². The van der Waals surface area contributed by atoms with Gasteiger partial charge in [0.25, 0.3) is 0 Å². The number of phenols is 3. The number of unbranched alkanes of at least 4 members (excludes halogenated alkanes) is 4. The van der Waals surface area contributed by atoms with E-state index in [0.717, 1.165) is 73.9 Å². The molecule has 8 aliphatic heterocycles. The van der Waals surface area contributed by atoms with Crippen LogP contribution in [0.15, 0.2) is 102 Å². The normalized spacial score (nSPS) is 26.5. The zero-order valence-corrected chi connectivity index (χ0v) is 72.0. The first-order chi connectivity index (χ1) is 59.9. The highest BCUT2D eigenvalue weighted by Gasteiger charge is 2.56. The van der Waals surface area contributed by atoms with Crippen LogP contribution in [-0.2, 0) is 73.9 Å². The number of amides is 6. The molecule has 6 aromatic carbocycles. The molecule has 8 aliphatic rings. The number of hydrogen-bond donors (Lipinski definition) is 17. The summed E-state index contributed by atoms with van der Waals surface area (Å²) in [4.78, 5) is 133. The molecule has 6 aromatic rings. The van der Waals surface area contributed by atoms with E-state index in [0.29, 0.717) is 38.0 Å². The summed E-state index contributed by atoms with van der Waals surface area (Å²) in [6, 6.07) is 10.6. The topological polar surface area (TPSA) is 554 Å². The van der Waals surface area contributed by atoms with Gasteiger partial charge in [-0.25, -0.2) is 22.7 Å². The lowest BCUT2D eigenvalue weighted by molar-refractivity contribution is -0.332. The van der Waals surface area contributed by atoms with Gasteiger partial charge in [0.15, 0.2) is 47.6 Å². The fourth-order valence-electron chi connectivity index (χ4n) is 16.5. The van der Waals surface area contributed by atoms with Crippen molar-refractivity contribution in [2.24, 2.45) is 23.5 Å². The number of nitrogens with one attached hydrogen (secondary N) is 7. The van der Waals surface area contributed by atoms with Gasteiger partial charge in [-0.3, -0.25) is 33.6 Å². The Labute approximate surface area is 734 Å². The first kappa shape index (κ1) is 94.6. The number of aromatic hydroxyl groups is 3. The SMILES string of the molecule is CCCCCOc1ccc(S(=O)(=O)NCCCCCNCc2c(O)cc3c(c2O)-c2cc(ccc2O)[C@H]2CC(=O)[C@@H]4NC(=O)[C@H](CC(N)=O)CC(=O)[C@H](NC(=O)[C@H](CC)CC(C)C)[C@H](O)c5ccc(c(Cl)c5)Oc5cc4cc(c5O[C@@H]4O[C@H](CO)[C@@H](O)[C@H](O)[C@H]4O[C@H]4C[C@]5(C)NC(=O)O[C@@H]5[C@H](C)O4)Oc4ccc(cc4Cl)[C@@H](O)[C@H](NC2=O)C(=O)N[C@@H]3C(=O)O)cc1. The molecule has 36 nitrogen and oxygen atoms in total. The molecule has 0 saturated carbocycles. The lowest BCUT2D eigenvalue weighted by Gasteiger charge is -2.46. The van der Waals surface area contributed by atoms with Crippen LogP contribution in [-0.4, -0.2) is 201 Å². The first-order valence-electron chi connectivity index (χ1n) is 41.6. The van der Waals surface area contributed by atoms with Gasteiger partial charge in [-0.05, 0) is 160 Å². The summed E-state index contributed by atoms with van der Waals surface area (Å²) in [7, 11) is -3.90. The Morgan fingerprint density at radius 3 is 2.02 bits per heavy atom. The average molecular weight is 1810 g/mol. The number of carbonyl (C=O) groups excluding carboxylic acids is 8. The van der Waals surface area contributed by atoms with E-state index in [4.69, 9.17) is 66.8 Å². The van der Waals surface area contributed by atoms with Gasteiger partial charge in [0, 0.05) is 61.4 Å². The molecule has 18 atom stereocenters. The maximum atomic E-state index is 16.5. The fraction of sp³-hybridized carbons (Fsp3) is 0.483. The quantitative estimate of drug-likeness (QED) is 0.0217. The Balaban J connectivity index is 0.983. The third kappa shape index (κ3) is 21.5. The number of hydrogen-bond acceptors (Lipinski definition) is 28. The molecule has 18 N–H and O–H groups in total. The minimum absolute atomic E-state index is 0.0385. The van der Waals surface area contributed by atoms with E-state index >= 15 is 24.0 Å². The number of ether oxygens (including phenoxy) is 8. The second-order valence-corrected chi connectivity index (χ2v) is 35.5. The largest absolute Gasteiger partial charge is 0.507 e. The second-order valence-electron chi connectivity index (χ2n) is 32.9. The predicted octanol–water partition coefficient (Wildman–Crippen LogP) is 7.12. The Kier molecular flexibility index (Phi) is 30.5. The van der Waals surface area contributed by atoms with Gasteiger partial charge in [0.2, 0.25) is 51.6 Å². The molecule has 11 bridgehead atoms. The van der Waals surface area contributed by atoms with E-state index < -0.39 is 265 Å². The van der Waals surface area contributed by atoms with E-state index in [-0.39, 0.29) is 76.3 Å². The average Bonchev–Trinajstić information content (AvgIpc) is 1.37. The molecular formula is C87H104Cl2N8O28S. The van der Waals surface area contributed by atoms with Crippen molar-refractivity contribution < 1.29 is 135 Å². The number of halogens is 2. The van der Waals surface area contributed by atoms with Gasteiger partial charge in [-0.2, -0.15) is 0 Å². The van der Waals surface area contributed by atoms with Crippen molar-refractivity contribution in [1.29, 1.82) is 0 Å². The minimum Gasteiger partial charge on any atom is -0.507 e. The van der Waals surface area contributed by atoms with Crippen LogP contribution in [0.3, 0.4) is 0 Å². The summed E-state index contributed by atoms with van der Waals surface area (Å²) in [5.41, 5.74) is 1.75. The molecule has 39 heteroatoms. The van der Waals surface area contributed by atoms with Crippen LogP contribution in [0.1, 0.15) is 182 Å². The Hall–Kier alpha value is -10.5. The van der Waals surface area contributed by atoms with Crippen LogP contribution in [0.25, 0.3) is 11.1 Å². The smallest absolute Gasteiger partial charge is 0.408 e. The number of benzene rings is 6. The van der Waals surface area contributed by atoms with Gasteiger partial charge in [0.05, 0.1) is 57.2 Å². The number of aliphatic hydroxyl groups excluding tert-OH is 5. The number of carbonyl (C=O) groups is 9. The van der Waals surface area contributed by atoms with Crippen LogP contribution in [0.5, 0.6) is 51.7 Å². The van der Waals surface area contributed by atoms with Crippen molar-refractivity contribution in [2.75, 3.05) is 26.3 Å². The van der Waals surface area contributed by atoms with Crippen molar-refractivity contribution in [1.82, 2.24) is 36.6 Å². The molecule has 14 rings (SSSR count). The van der Waals surface area contributed by atoms with Crippen LogP contribution >= 0.6 is 23.2 Å². The molecule has 8 heterocycles. The fourth-order valence-corrected chi connectivity index (χ4v) is 18.0. The Morgan fingerprint density at radius 1 is 0.722 bits per heavy atom. The molecule has 0 radical (unpaired) electrons. The van der Waals surface area contributed by atoms with Gasteiger partial charge >= 0.3 is 12.1 Å². The van der Waals surface area contributed by atoms with Crippen molar-refractivity contribution in [3.63, 3.8) is 0 Å². The zero-order chi connectivity index (χ0) is 91.1.